The molecule has 0 aliphatic rings. The lowest BCUT2D eigenvalue weighted by atomic mass is 10.1. The van der Waals surface area contributed by atoms with E-state index in [1.54, 1.807) is 16.8 Å². The Hall–Kier alpha value is -2.30. The minimum Gasteiger partial charge on any atom is -0.464 e. The molecule has 0 aliphatic carbocycles. The number of carbonyl (C=O) groups excluding carboxylic acids is 1. The highest BCUT2D eigenvalue weighted by atomic mass is 35.5. The summed E-state index contributed by atoms with van der Waals surface area (Å²) >= 11 is 12.4. The van der Waals surface area contributed by atoms with Crippen molar-refractivity contribution in [3.63, 3.8) is 0 Å². The van der Waals surface area contributed by atoms with Crippen molar-refractivity contribution < 1.29 is 9.53 Å². The van der Waals surface area contributed by atoms with Crippen LogP contribution in [-0.4, -0.2) is 22.9 Å². The van der Waals surface area contributed by atoms with E-state index in [4.69, 9.17) is 27.9 Å². The minimum atomic E-state index is -0.582. The van der Waals surface area contributed by atoms with Gasteiger partial charge in [-0.25, -0.2) is 9.48 Å². The molecule has 0 N–H and O–H groups in total. The molecular formula is C18H14Cl2N2O2. The molecule has 2 aromatic carbocycles. The van der Waals surface area contributed by atoms with Crippen LogP contribution >= 0.6 is 23.2 Å². The van der Waals surface area contributed by atoms with Crippen LogP contribution in [0.15, 0.2) is 48.5 Å². The average molecular weight is 361 g/mol. The molecule has 122 valence electrons. The van der Waals surface area contributed by atoms with Crippen LogP contribution in [0.25, 0.3) is 16.9 Å². The van der Waals surface area contributed by atoms with E-state index in [2.05, 4.69) is 5.10 Å². The smallest absolute Gasteiger partial charge is 0.360 e. The zero-order valence-corrected chi connectivity index (χ0v) is 14.6. The van der Waals surface area contributed by atoms with Crippen molar-refractivity contribution in [3.8, 4) is 16.9 Å². The largest absolute Gasteiger partial charge is 0.464 e. The number of hydrogen-bond donors (Lipinski definition) is 0. The highest BCUT2D eigenvalue weighted by molar-refractivity contribution is 6.36. The summed E-state index contributed by atoms with van der Waals surface area (Å²) < 4.78 is 6.40. The van der Waals surface area contributed by atoms with E-state index in [0.29, 0.717) is 10.7 Å². The van der Waals surface area contributed by atoms with Gasteiger partial charge in [-0.15, -0.1) is 0 Å². The zero-order chi connectivity index (χ0) is 17.3. The van der Waals surface area contributed by atoms with Crippen molar-refractivity contribution in [1.82, 2.24) is 9.78 Å². The van der Waals surface area contributed by atoms with E-state index in [9.17, 15) is 4.79 Å². The monoisotopic (exact) mass is 360 g/mol. The lowest BCUT2D eigenvalue weighted by molar-refractivity contribution is 0.0593. The van der Waals surface area contributed by atoms with E-state index >= 15 is 0 Å². The fraction of sp³-hybridized carbons (Fsp3) is 0.111. The SMILES string of the molecule is COC(=O)c1nn(-c2ccc(Cl)cc2)c(-c2cccc(C)c2)c1Cl. The second kappa shape index (κ2) is 6.67. The summed E-state index contributed by atoms with van der Waals surface area (Å²) in [6, 6.07) is 15.0. The number of ether oxygens (including phenoxy) is 1. The van der Waals surface area contributed by atoms with Crippen molar-refractivity contribution in [3.05, 3.63) is 69.8 Å². The van der Waals surface area contributed by atoms with Crippen LogP contribution in [0.4, 0.5) is 0 Å². The van der Waals surface area contributed by atoms with Gasteiger partial charge >= 0.3 is 5.97 Å². The molecule has 6 heteroatoms. The Morgan fingerprint density at radius 1 is 1.12 bits per heavy atom. The van der Waals surface area contributed by atoms with Gasteiger partial charge in [0.2, 0.25) is 0 Å². The van der Waals surface area contributed by atoms with E-state index in [1.165, 1.54) is 7.11 Å². The van der Waals surface area contributed by atoms with Crippen molar-refractivity contribution in [1.29, 1.82) is 0 Å². The number of nitrogens with zero attached hydrogens (tertiary/aromatic N) is 2. The van der Waals surface area contributed by atoms with E-state index < -0.39 is 5.97 Å². The van der Waals surface area contributed by atoms with Gasteiger partial charge in [0.25, 0.3) is 0 Å². The van der Waals surface area contributed by atoms with Crippen LogP contribution in [0.5, 0.6) is 0 Å². The van der Waals surface area contributed by atoms with Gasteiger partial charge in [0.1, 0.15) is 5.02 Å². The van der Waals surface area contributed by atoms with Gasteiger partial charge in [0.05, 0.1) is 18.5 Å². The number of hydrogen-bond acceptors (Lipinski definition) is 3. The van der Waals surface area contributed by atoms with Crippen molar-refractivity contribution >= 4 is 29.2 Å². The molecule has 0 fully saturated rings. The summed E-state index contributed by atoms with van der Waals surface area (Å²) in [5.41, 5.74) is 3.38. The van der Waals surface area contributed by atoms with E-state index in [-0.39, 0.29) is 10.7 Å². The van der Waals surface area contributed by atoms with Crippen molar-refractivity contribution in [2.24, 2.45) is 0 Å². The first kappa shape index (κ1) is 16.6. The first-order chi connectivity index (χ1) is 11.5. The lowest BCUT2D eigenvalue weighted by Crippen LogP contribution is -2.04. The Balaban J connectivity index is 2.27. The third-order valence-corrected chi connectivity index (χ3v) is 4.18. The van der Waals surface area contributed by atoms with Gasteiger partial charge in [-0.3, -0.25) is 0 Å². The molecule has 0 spiro atoms. The van der Waals surface area contributed by atoms with Crippen LogP contribution in [0.1, 0.15) is 16.1 Å². The molecule has 3 aromatic rings. The Morgan fingerprint density at radius 3 is 2.46 bits per heavy atom. The Kier molecular flexibility index (Phi) is 4.60. The number of carbonyl (C=O) groups is 1. The average Bonchev–Trinajstić information content (AvgIpc) is 2.92. The van der Waals surface area contributed by atoms with E-state index in [1.807, 2.05) is 43.3 Å². The quantitative estimate of drug-likeness (QED) is 0.621. The Labute approximate surface area is 149 Å². The molecule has 0 bridgehead atoms. The Bertz CT molecular complexity index is 902. The third-order valence-electron chi connectivity index (χ3n) is 3.57. The molecule has 0 saturated heterocycles. The van der Waals surface area contributed by atoms with Crippen molar-refractivity contribution in [2.75, 3.05) is 7.11 Å². The Morgan fingerprint density at radius 2 is 1.83 bits per heavy atom. The predicted molar refractivity (Wildman–Crippen MR) is 95.1 cm³/mol. The molecule has 1 aromatic heterocycles. The topological polar surface area (TPSA) is 44.1 Å². The van der Waals surface area contributed by atoms with Gasteiger partial charge in [0.15, 0.2) is 5.69 Å². The van der Waals surface area contributed by atoms with Crippen molar-refractivity contribution in [2.45, 2.75) is 6.92 Å². The maximum absolute atomic E-state index is 12.0. The summed E-state index contributed by atoms with van der Waals surface area (Å²) in [5, 5.41) is 5.22. The van der Waals surface area contributed by atoms with E-state index in [0.717, 1.165) is 16.8 Å². The number of halogens is 2. The van der Waals surface area contributed by atoms with Crippen LogP contribution in [-0.2, 0) is 4.74 Å². The summed E-state index contributed by atoms with van der Waals surface area (Å²) in [6.07, 6.45) is 0. The number of benzene rings is 2. The molecule has 0 unspecified atom stereocenters. The normalized spacial score (nSPS) is 10.7. The lowest BCUT2D eigenvalue weighted by Gasteiger charge is -2.09. The van der Waals surface area contributed by atoms with Gasteiger partial charge in [-0.1, -0.05) is 47.0 Å². The van der Waals surface area contributed by atoms with Crippen LogP contribution < -0.4 is 0 Å². The number of rotatable bonds is 3. The second-order valence-electron chi connectivity index (χ2n) is 5.26. The minimum absolute atomic E-state index is 0.0747. The first-order valence-electron chi connectivity index (χ1n) is 7.21. The standard InChI is InChI=1S/C18H14Cl2N2O2/c1-11-4-3-5-12(10-11)17-15(20)16(18(23)24-2)21-22(17)14-8-6-13(19)7-9-14/h3-10H,1-2H3. The number of aromatic nitrogens is 2. The molecular weight excluding hydrogens is 347 g/mol. The van der Waals surface area contributed by atoms with Gasteiger partial charge in [0, 0.05) is 10.6 Å². The molecule has 0 amide bonds. The predicted octanol–water partition coefficient (Wildman–Crippen LogP) is 4.94. The molecule has 0 aliphatic heterocycles. The maximum atomic E-state index is 12.0. The van der Waals surface area contributed by atoms with Gasteiger partial charge in [-0.05, 0) is 37.3 Å². The summed E-state index contributed by atoms with van der Waals surface area (Å²) in [5.74, 6) is -0.582. The molecule has 24 heavy (non-hydrogen) atoms. The molecule has 3 rings (SSSR count). The van der Waals surface area contributed by atoms with Crippen LogP contribution in [0, 0.1) is 6.92 Å². The maximum Gasteiger partial charge on any atom is 0.360 e. The highest BCUT2D eigenvalue weighted by Crippen LogP contribution is 2.34. The fourth-order valence-corrected chi connectivity index (χ4v) is 2.87. The molecule has 0 radical (unpaired) electrons. The van der Waals surface area contributed by atoms with Gasteiger partial charge < -0.3 is 4.74 Å². The molecule has 0 atom stereocenters. The zero-order valence-electron chi connectivity index (χ0n) is 13.1. The molecule has 0 saturated carbocycles. The third kappa shape index (κ3) is 3.03. The summed E-state index contributed by atoms with van der Waals surface area (Å²) in [4.78, 5) is 12.0. The highest BCUT2D eigenvalue weighted by Gasteiger charge is 2.24. The molecule has 1 heterocycles. The first-order valence-corrected chi connectivity index (χ1v) is 7.96. The number of methoxy groups -OCH3 is 1. The number of aryl methyl sites for hydroxylation is 1. The van der Waals surface area contributed by atoms with Gasteiger partial charge in [-0.2, -0.15) is 5.10 Å². The summed E-state index contributed by atoms with van der Waals surface area (Å²) in [6.45, 7) is 1.99. The fourth-order valence-electron chi connectivity index (χ4n) is 2.44. The van der Waals surface area contributed by atoms with Crippen LogP contribution in [0.2, 0.25) is 10.0 Å². The number of esters is 1. The second-order valence-corrected chi connectivity index (χ2v) is 6.07. The molecule has 4 nitrogen and oxygen atoms in total. The van der Waals surface area contributed by atoms with Crippen LogP contribution in [0.3, 0.4) is 0 Å². The summed E-state index contributed by atoms with van der Waals surface area (Å²) in [7, 11) is 1.30.